The van der Waals surface area contributed by atoms with Crippen LogP contribution >= 0.6 is 0 Å². The molecule has 0 aromatic carbocycles. The van der Waals surface area contributed by atoms with Gasteiger partial charge in [-0.05, 0) is 37.8 Å². The van der Waals surface area contributed by atoms with Crippen molar-refractivity contribution in [2.75, 3.05) is 27.2 Å². The predicted octanol–water partition coefficient (Wildman–Crippen LogP) is 1.88. The Hall–Kier alpha value is -1.33. The summed E-state index contributed by atoms with van der Waals surface area (Å²) >= 11 is 0. The molecule has 1 aromatic rings. The highest BCUT2D eigenvalue weighted by Gasteiger charge is 2.44. The fourth-order valence-corrected chi connectivity index (χ4v) is 3.39. The van der Waals surface area contributed by atoms with Gasteiger partial charge in [0, 0.05) is 27.2 Å². The van der Waals surface area contributed by atoms with E-state index in [-0.39, 0.29) is 17.6 Å². The van der Waals surface area contributed by atoms with Gasteiger partial charge in [-0.15, -0.1) is 0 Å². The second-order valence-electron chi connectivity index (χ2n) is 6.42. The molecule has 0 aliphatic carbocycles. The standard InChI is InChI=1S/C16H24N2O3/c1-17(2)15(19)14-5-6-16(21-14)7-9-18(10-8-16)12-13-4-3-11-20-13/h3-4,11,14H,5-10,12H2,1-2H3/t14-/m0/s1. The fourth-order valence-electron chi connectivity index (χ4n) is 3.39. The van der Waals surface area contributed by atoms with Crippen molar-refractivity contribution in [3.8, 4) is 0 Å². The van der Waals surface area contributed by atoms with Crippen LogP contribution in [0.2, 0.25) is 0 Å². The van der Waals surface area contributed by atoms with Crippen molar-refractivity contribution in [2.45, 2.75) is 43.9 Å². The van der Waals surface area contributed by atoms with Gasteiger partial charge >= 0.3 is 0 Å². The van der Waals surface area contributed by atoms with Crippen molar-refractivity contribution < 1.29 is 13.9 Å². The first kappa shape index (κ1) is 14.6. The Balaban J connectivity index is 1.52. The fraction of sp³-hybridized carbons (Fsp3) is 0.688. The first-order valence-corrected chi connectivity index (χ1v) is 7.72. The van der Waals surface area contributed by atoms with Gasteiger partial charge < -0.3 is 14.1 Å². The van der Waals surface area contributed by atoms with Gasteiger partial charge in [0.25, 0.3) is 5.91 Å². The Kier molecular flexibility index (Phi) is 4.04. The van der Waals surface area contributed by atoms with E-state index in [0.717, 1.165) is 51.1 Å². The molecule has 5 heteroatoms. The molecule has 1 aromatic heterocycles. The normalized spacial score (nSPS) is 25.3. The highest BCUT2D eigenvalue weighted by molar-refractivity contribution is 5.80. The third kappa shape index (κ3) is 3.14. The number of rotatable bonds is 3. The zero-order valence-corrected chi connectivity index (χ0v) is 12.9. The smallest absolute Gasteiger partial charge is 0.251 e. The van der Waals surface area contributed by atoms with E-state index in [1.54, 1.807) is 25.3 Å². The van der Waals surface area contributed by atoms with Crippen LogP contribution in [0.5, 0.6) is 0 Å². The molecule has 1 amide bonds. The highest BCUT2D eigenvalue weighted by Crippen LogP contribution is 2.39. The van der Waals surface area contributed by atoms with Crippen molar-refractivity contribution in [3.05, 3.63) is 24.2 Å². The number of nitrogens with zero attached hydrogens (tertiary/aromatic N) is 2. The average molecular weight is 292 g/mol. The molecule has 0 unspecified atom stereocenters. The third-order valence-corrected chi connectivity index (χ3v) is 4.70. The Morgan fingerprint density at radius 2 is 2.14 bits per heavy atom. The molecule has 0 bridgehead atoms. The summed E-state index contributed by atoms with van der Waals surface area (Å²) in [6.07, 6.45) is 5.35. The number of ether oxygens (including phenoxy) is 1. The van der Waals surface area contributed by atoms with Crippen LogP contribution in [0.25, 0.3) is 0 Å². The van der Waals surface area contributed by atoms with Crippen LogP contribution in [-0.2, 0) is 16.1 Å². The SMILES string of the molecule is CN(C)C(=O)[C@@H]1CCC2(CCN(Cc3ccco3)CC2)O1. The van der Waals surface area contributed by atoms with Crippen LogP contribution in [-0.4, -0.2) is 54.6 Å². The van der Waals surface area contributed by atoms with Crippen LogP contribution in [0.1, 0.15) is 31.4 Å². The number of amides is 1. The van der Waals surface area contributed by atoms with Gasteiger partial charge in [0.05, 0.1) is 18.4 Å². The van der Waals surface area contributed by atoms with Crippen molar-refractivity contribution in [1.82, 2.24) is 9.80 Å². The molecular weight excluding hydrogens is 268 g/mol. The lowest BCUT2D eigenvalue weighted by Gasteiger charge is -2.38. The first-order valence-electron chi connectivity index (χ1n) is 7.72. The van der Waals surface area contributed by atoms with E-state index < -0.39 is 0 Å². The molecule has 1 spiro atoms. The second-order valence-corrected chi connectivity index (χ2v) is 6.42. The summed E-state index contributed by atoms with van der Waals surface area (Å²) in [5.74, 6) is 1.11. The molecule has 21 heavy (non-hydrogen) atoms. The summed E-state index contributed by atoms with van der Waals surface area (Å²) in [6.45, 7) is 2.87. The first-order chi connectivity index (χ1) is 10.1. The van der Waals surface area contributed by atoms with E-state index >= 15 is 0 Å². The number of hydrogen-bond donors (Lipinski definition) is 0. The zero-order valence-electron chi connectivity index (χ0n) is 12.9. The summed E-state index contributed by atoms with van der Waals surface area (Å²) in [5.41, 5.74) is -0.0734. The number of likely N-dealkylation sites (N-methyl/N-ethyl adjacent to an activating group) is 1. The molecule has 0 N–H and O–H groups in total. The van der Waals surface area contributed by atoms with E-state index in [2.05, 4.69) is 4.90 Å². The topological polar surface area (TPSA) is 45.9 Å². The molecule has 2 fully saturated rings. The van der Waals surface area contributed by atoms with E-state index in [1.807, 2.05) is 12.1 Å². The zero-order chi connectivity index (χ0) is 14.9. The van der Waals surface area contributed by atoms with Crippen LogP contribution < -0.4 is 0 Å². The van der Waals surface area contributed by atoms with E-state index in [4.69, 9.17) is 9.15 Å². The maximum Gasteiger partial charge on any atom is 0.251 e. The number of likely N-dealkylation sites (tertiary alicyclic amines) is 1. The van der Waals surface area contributed by atoms with Gasteiger partial charge in [-0.2, -0.15) is 0 Å². The molecule has 2 aliphatic rings. The van der Waals surface area contributed by atoms with Crippen molar-refractivity contribution in [1.29, 1.82) is 0 Å². The lowest BCUT2D eigenvalue weighted by atomic mass is 9.88. The lowest BCUT2D eigenvalue weighted by Crippen LogP contribution is -2.45. The van der Waals surface area contributed by atoms with Crippen LogP contribution in [0.4, 0.5) is 0 Å². The van der Waals surface area contributed by atoms with Gasteiger partial charge in [-0.25, -0.2) is 0 Å². The number of furan rings is 1. The van der Waals surface area contributed by atoms with Crippen molar-refractivity contribution in [3.63, 3.8) is 0 Å². The summed E-state index contributed by atoms with van der Waals surface area (Å²) < 4.78 is 11.6. The minimum absolute atomic E-state index is 0.0734. The van der Waals surface area contributed by atoms with Crippen LogP contribution in [0.15, 0.2) is 22.8 Å². The Labute approximate surface area is 125 Å². The van der Waals surface area contributed by atoms with E-state index in [9.17, 15) is 4.79 Å². The molecule has 3 heterocycles. The number of piperidine rings is 1. The Morgan fingerprint density at radius 1 is 1.38 bits per heavy atom. The molecular formula is C16H24N2O3. The molecule has 0 radical (unpaired) electrons. The minimum Gasteiger partial charge on any atom is -0.468 e. The molecule has 1 atom stereocenters. The highest BCUT2D eigenvalue weighted by atomic mass is 16.5. The molecule has 2 saturated heterocycles. The van der Waals surface area contributed by atoms with Gasteiger partial charge in [-0.1, -0.05) is 0 Å². The Bertz CT molecular complexity index is 476. The van der Waals surface area contributed by atoms with Gasteiger partial charge in [-0.3, -0.25) is 9.69 Å². The third-order valence-electron chi connectivity index (χ3n) is 4.70. The number of carbonyl (C=O) groups excluding carboxylic acids is 1. The summed E-state index contributed by atoms with van der Waals surface area (Å²) in [4.78, 5) is 16.1. The quantitative estimate of drug-likeness (QED) is 0.853. The van der Waals surface area contributed by atoms with Crippen molar-refractivity contribution >= 4 is 5.91 Å². The molecule has 0 saturated carbocycles. The van der Waals surface area contributed by atoms with Crippen LogP contribution in [0.3, 0.4) is 0 Å². The summed E-state index contributed by atoms with van der Waals surface area (Å²) in [5, 5.41) is 0. The molecule has 2 aliphatic heterocycles. The van der Waals surface area contributed by atoms with Crippen LogP contribution in [0, 0.1) is 0 Å². The lowest BCUT2D eigenvalue weighted by molar-refractivity contribution is -0.148. The number of carbonyl (C=O) groups is 1. The molecule has 3 rings (SSSR count). The Morgan fingerprint density at radius 3 is 2.76 bits per heavy atom. The monoisotopic (exact) mass is 292 g/mol. The second kappa shape index (κ2) is 5.81. The summed E-state index contributed by atoms with van der Waals surface area (Å²) in [6, 6.07) is 3.94. The minimum atomic E-state index is -0.239. The van der Waals surface area contributed by atoms with E-state index in [1.165, 1.54) is 0 Å². The number of hydrogen-bond acceptors (Lipinski definition) is 4. The van der Waals surface area contributed by atoms with Gasteiger partial charge in [0.15, 0.2) is 0 Å². The maximum atomic E-state index is 12.0. The largest absolute Gasteiger partial charge is 0.468 e. The average Bonchev–Trinajstić information content (AvgIpc) is 3.11. The predicted molar refractivity (Wildman–Crippen MR) is 78.8 cm³/mol. The van der Waals surface area contributed by atoms with Gasteiger partial charge in [0.1, 0.15) is 11.9 Å². The summed E-state index contributed by atoms with van der Waals surface area (Å²) in [7, 11) is 3.59. The van der Waals surface area contributed by atoms with Gasteiger partial charge in [0.2, 0.25) is 0 Å². The molecule has 5 nitrogen and oxygen atoms in total. The van der Waals surface area contributed by atoms with E-state index in [0.29, 0.717) is 0 Å². The molecule has 116 valence electrons. The van der Waals surface area contributed by atoms with Crippen molar-refractivity contribution in [2.24, 2.45) is 0 Å². The maximum absolute atomic E-state index is 12.0.